The van der Waals surface area contributed by atoms with Crippen molar-refractivity contribution in [2.45, 2.75) is 26.1 Å². The Kier molecular flexibility index (Phi) is 7.33. The van der Waals surface area contributed by atoms with Crippen molar-refractivity contribution in [1.82, 2.24) is 20.2 Å². The van der Waals surface area contributed by atoms with Crippen molar-refractivity contribution >= 4 is 41.8 Å². The molecular formula is C16H21Cl2F3N4O. The Morgan fingerprint density at radius 1 is 1.35 bits per heavy atom. The number of alkyl halides is 3. The van der Waals surface area contributed by atoms with Crippen molar-refractivity contribution in [3.05, 3.63) is 29.6 Å². The van der Waals surface area contributed by atoms with E-state index in [1.807, 2.05) is 0 Å². The molecule has 0 radical (unpaired) electrons. The first kappa shape index (κ1) is 22.5. The van der Waals surface area contributed by atoms with Crippen molar-refractivity contribution in [2.24, 2.45) is 5.92 Å². The van der Waals surface area contributed by atoms with Crippen LogP contribution in [0.2, 0.25) is 0 Å². The number of halogens is 5. The molecule has 0 bridgehead atoms. The maximum absolute atomic E-state index is 13.2. The van der Waals surface area contributed by atoms with Crippen LogP contribution in [0.4, 0.5) is 13.2 Å². The molecule has 1 aromatic heterocycles. The molecule has 1 aliphatic rings. The molecule has 3 rings (SSSR count). The number of carbonyl (C=O) groups excluding carboxylic acids is 1. The van der Waals surface area contributed by atoms with Gasteiger partial charge in [-0.1, -0.05) is 0 Å². The van der Waals surface area contributed by atoms with Gasteiger partial charge in [0.2, 0.25) is 5.82 Å². The number of nitrogens with one attached hydrogen (secondary N) is 2. The summed E-state index contributed by atoms with van der Waals surface area (Å²) in [7, 11) is 0. The molecule has 2 N–H and O–H groups in total. The summed E-state index contributed by atoms with van der Waals surface area (Å²) < 4.78 is 40.7. The zero-order chi connectivity index (χ0) is 17.5. The number of benzene rings is 1. The molecule has 2 heterocycles. The van der Waals surface area contributed by atoms with E-state index in [0.29, 0.717) is 23.5 Å². The Hall–Kier alpha value is -1.51. The van der Waals surface area contributed by atoms with Gasteiger partial charge in [-0.15, -0.1) is 24.8 Å². The number of imidazole rings is 1. The van der Waals surface area contributed by atoms with Gasteiger partial charge in [-0.3, -0.25) is 4.79 Å². The average molecular weight is 413 g/mol. The highest BCUT2D eigenvalue weighted by Gasteiger charge is 2.38. The molecule has 1 aromatic carbocycles. The lowest BCUT2D eigenvalue weighted by Crippen LogP contribution is -2.48. The lowest BCUT2D eigenvalue weighted by Gasteiger charge is -2.27. The molecule has 0 spiro atoms. The summed E-state index contributed by atoms with van der Waals surface area (Å²) in [6, 6.07) is 4.09. The molecule has 1 amide bonds. The molecule has 2 aromatic rings. The van der Waals surface area contributed by atoms with Gasteiger partial charge in [0.05, 0.1) is 11.0 Å². The summed E-state index contributed by atoms with van der Waals surface area (Å²) in [5.74, 6) is -0.822. The Morgan fingerprint density at radius 3 is 2.50 bits per heavy atom. The van der Waals surface area contributed by atoms with Gasteiger partial charge < -0.3 is 15.2 Å². The standard InChI is InChI=1S/C16H19F3N4O.2ClH/c1-9(2)23-13-4-3-11(14(24)21-8-10-6-20-7-10)5-12(13)22-15(23)16(17,18)19;;/h3-5,9-10,20H,6-8H2,1-2H3,(H,21,24);2*1H. The minimum absolute atomic E-state index is 0. The van der Waals surface area contributed by atoms with E-state index in [4.69, 9.17) is 0 Å². The quantitative estimate of drug-likeness (QED) is 0.808. The normalized spacial score (nSPS) is 14.5. The highest BCUT2D eigenvalue weighted by atomic mass is 35.5. The number of rotatable bonds is 4. The number of amides is 1. The first-order chi connectivity index (χ1) is 11.3. The second-order valence-corrected chi connectivity index (χ2v) is 6.33. The van der Waals surface area contributed by atoms with E-state index in [-0.39, 0.29) is 36.2 Å². The molecule has 0 unspecified atom stereocenters. The van der Waals surface area contributed by atoms with Gasteiger partial charge >= 0.3 is 6.18 Å². The fourth-order valence-electron chi connectivity index (χ4n) is 2.79. The summed E-state index contributed by atoms with van der Waals surface area (Å²) in [6.45, 7) is 5.63. The second-order valence-electron chi connectivity index (χ2n) is 6.33. The van der Waals surface area contributed by atoms with E-state index >= 15 is 0 Å². The Labute approximate surface area is 161 Å². The monoisotopic (exact) mass is 412 g/mol. The van der Waals surface area contributed by atoms with Crippen LogP contribution in [0.5, 0.6) is 0 Å². The molecule has 1 fully saturated rings. The van der Waals surface area contributed by atoms with Crippen LogP contribution in [0.15, 0.2) is 18.2 Å². The molecule has 1 saturated heterocycles. The van der Waals surface area contributed by atoms with Crippen LogP contribution in [0.3, 0.4) is 0 Å². The fraction of sp³-hybridized carbons (Fsp3) is 0.500. The van der Waals surface area contributed by atoms with Gasteiger partial charge in [0.1, 0.15) is 0 Å². The summed E-state index contributed by atoms with van der Waals surface area (Å²) in [5, 5.41) is 5.92. The van der Waals surface area contributed by atoms with E-state index in [1.54, 1.807) is 13.8 Å². The van der Waals surface area contributed by atoms with Crippen LogP contribution >= 0.6 is 24.8 Å². The fourth-order valence-corrected chi connectivity index (χ4v) is 2.79. The zero-order valence-electron chi connectivity index (χ0n) is 14.3. The minimum Gasteiger partial charge on any atom is -0.352 e. The summed E-state index contributed by atoms with van der Waals surface area (Å²) in [5.41, 5.74) is 0.864. The van der Waals surface area contributed by atoms with Crippen LogP contribution in [-0.4, -0.2) is 35.1 Å². The van der Waals surface area contributed by atoms with E-state index < -0.39 is 18.0 Å². The molecule has 146 valence electrons. The largest absolute Gasteiger partial charge is 0.449 e. The summed E-state index contributed by atoms with van der Waals surface area (Å²) >= 11 is 0. The van der Waals surface area contributed by atoms with Crippen LogP contribution in [-0.2, 0) is 6.18 Å². The molecule has 0 atom stereocenters. The Morgan fingerprint density at radius 2 is 2.00 bits per heavy atom. The number of hydrogen-bond acceptors (Lipinski definition) is 3. The van der Waals surface area contributed by atoms with Gasteiger partial charge in [0.15, 0.2) is 0 Å². The van der Waals surface area contributed by atoms with Crippen molar-refractivity contribution in [2.75, 3.05) is 19.6 Å². The third kappa shape index (κ3) is 4.42. The summed E-state index contributed by atoms with van der Waals surface area (Å²) in [4.78, 5) is 15.9. The Bertz CT molecular complexity index is 773. The molecule has 1 aliphatic heterocycles. The van der Waals surface area contributed by atoms with Crippen molar-refractivity contribution in [3.8, 4) is 0 Å². The molecule has 26 heavy (non-hydrogen) atoms. The van der Waals surface area contributed by atoms with E-state index in [0.717, 1.165) is 17.7 Å². The maximum atomic E-state index is 13.2. The van der Waals surface area contributed by atoms with Gasteiger partial charge in [0.25, 0.3) is 5.91 Å². The van der Waals surface area contributed by atoms with Crippen molar-refractivity contribution in [3.63, 3.8) is 0 Å². The number of nitrogens with zero attached hydrogens (tertiary/aromatic N) is 2. The van der Waals surface area contributed by atoms with E-state index in [9.17, 15) is 18.0 Å². The number of carbonyl (C=O) groups is 1. The topological polar surface area (TPSA) is 59.0 Å². The third-order valence-electron chi connectivity index (χ3n) is 4.14. The predicted molar refractivity (Wildman–Crippen MR) is 98.3 cm³/mol. The van der Waals surface area contributed by atoms with Crippen molar-refractivity contribution in [1.29, 1.82) is 0 Å². The maximum Gasteiger partial charge on any atom is 0.449 e. The molecule has 0 saturated carbocycles. The van der Waals surface area contributed by atoms with Gasteiger partial charge in [-0.25, -0.2) is 4.98 Å². The lowest BCUT2D eigenvalue weighted by atomic mass is 10.0. The van der Waals surface area contributed by atoms with Gasteiger partial charge in [-0.05, 0) is 32.0 Å². The van der Waals surface area contributed by atoms with E-state index in [2.05, 4.69) is 15.6 Å². The van der Waals surface area contributed by atoms with Gasteiger partial charge in [-0.2, -0.15) is 13.2 Å². The second kappa shape index (κ2) is 8.45. The number of aromatic nitrogens is 2. The van der Waals surface area contributed by atoms with Gasteiger partial charge in [0, 0.05) is 37.2 Å². The lowest BCUT2D eigenvalue weighted by molar-refractivity contribution is -0.147. The third-order valence-corrected chi connectivity index (χ3v) is 4.14. The predicted octanol–water partition coefficient (Wildman–Crippen LogP) is 3.43. The average Bonchev–Trinajstić information content (AvgIpc) is 2.84. The first-order valence-electron chi connectivity index (χ1n) is 7.85. The van der Waals surface area contributed by atoms with Crippen LogP contribution in [0, 0.1) is 5.92 Å². The van der Waals surface area contributed by atoms with E-state index in [1.165, 1.54) is 18.2 Å². The molecule has 0 aliphatic carbocycles. The number of fused-ring (bicyclic) bond motifs is 1. The minimum atomic E-state index is -4.54. The van der Waals surface area contributed by atoms with Crippen molar-refractivity contribution < 1.29 is 18.0 Å². The first-order valence-corrected chi connectivity index (χ1v) is 7.85. The highest BCUT2D eigenvalue weighted by molar-refractivity contribution is 5.97. The zero-order valence-corrected chi connectivity index (χ0v) is 15.9. The number of hydrogen-bond donors (Lipinski definition) is 2. The smallest absolute Gasteiger partial charge is 0.352 e. The molecular weight excluding hydrogens is 392 g/mol. The van der Waals surface area contributed by atoms with Crippen LogP contribution in [0.1, 0.15) is 36.1 Å². The SMILES string of the molecule is CC(C)n1c(C(F)(F)F)nc2cc(C(=O)NCC3CNC3)ccc21.Cl.Cl. The highest BCUT2D eigenvalue weighted by Crippen LogP contribution is 2.33. The molecule has 5 nitrogen and oxygen atoms in total. The molecule has 10 heteroatoms. The Balaban J connectivity index is 0.00000169. The summed E-state index contributed by atoms with van der Waals surface area (Å²) in [6.07, 6.45) is -4.54. The van der Waals surface area contributed by atoms with Crippen LogP contribution in [0.25, 0.3) is 11.0 Å². The van der Waals surface area contributed by atoms with Crippen LogP contribution < -0.4 is 10.6 Å².